The van der Waals surface area contributed by atoms with E-state index in [2.05, 4.69) is 5.32 Å². The van der Waals surface area contributed by atoms with Crippen molar-refractivity contribution in [2.45, 2.75) is 6.10 Å². The number of hydrogen-bond acceptors (Lipinski definition) is 2. The molecule has 2 rings (SSSR count). The molecule has 70 valence electrons. The van der Waals surface area contributed by atoms with E-state index in [4.69, 9.17) is 27.9 Å². The fourth-order valence-corrected chi connectivity index (χ4v) is 1.64. The van der Waals surface area contributed by atoms with Gasteiger partial charge in [-0.15, -0.1) is 0 Å². The molecule has 4 heteroatoms. The van der Waals surface area contributed by atoms with E-state index in [1.807, 2.05) is 0 Å². The number of ether oxygens (including phenoxy) is 1. The van der Waals surface area contributed by atoms with E-state index in [-0.39, 0.29) is 6.10 Å². The highest BCUT2D eigenvalue weighted by Crippen LogP contribution is 2.25. The van der Waals surface area contributed by atoms with Crippen LogP contribution in [-0.4, -0.2) is 19.2 Å². The van der Waals surface area contributed by atoms with E-state index in [9.17, 15) is 0 Å². The van der Waals surface area contributed by atoms with Gasteiger partial charge < -0.3 is 10.1 Å². The summed E-state index contributed by atoms with van der Waals surface area (Å²) in [7, 11) is 0. The molecule has 0 bridgehead atoms. The Morgan fingerprint density at radius 3 is 2.23 bits per heavy atom. The number of halogens is 2. The number of nitrogens with one attached hydrogen (secondary N) is 1. The smallest absolute Gasteiger partial charge is 0.123 e. The molecule has 1 aliphatic heterocycles. The molecule has 13 heavy (non-hydrogen) atoms. The van der Waals surface area contributed by atoms with Crippen LogP contribution in [0.15, 0.2) is 18.2 Å². The zero-order valence-corrected chi connectivity index (χ0v) is 8.40. The van der Waals surface area contributed by atoms with Crippen molar-refractivity contribution in [1.82, 2.24) is 5.32 Å². The fourth-order valence-electron chi connectivity index (χ4n) is 1.13. The summed E-state index contributed by atoms with van der Waals surface area (Å²) in [6.45, 7) is 1.79. The summed E-state index contributed by atoms with van der Waals surface area (Å²) < 4.78 is 5.58. The molecule has 0 saturated carbocycles. The van der Waals surface area contributed by atoms with Crippen molar-refractivity contribution in [3.8, 4) is 5.75 Å². The zero-order chi connectivity index (χ0) is 9.26. The van der Waals surface area contributed by atoms with Crippen molar-refractivity contribution in [3.63, 3.8) is 0 Å². The van der Waals surface area contributed by atoms with Crippen LogP contribution >= 0.6 is 23.2 Å². The van der Waals surface area contributed by atoms with Gasteiger partial charge in [0.15, 0.2) is 0 Å². The summed E-state index contributed by atoms with van der Waals surface area (Å²) in [4.78, 5) is 0. The normalized spacial score (nSPS) is 16.8. The first-order valence-corrected chi connectivity index (χ1v) is 4.83. The van der Waals surface area contributed by atoms with Crippen molar-refractivity contribution in [2.75, 3.05) is 13.1 Å². The molecular formula is C9H9Cl2NO. The molecule has 1 saturated heterocycles. The fraction of sp³-hybridized carbons (Fsp3) is 0.333. The average Bonchev–Trinajstić information content (AvgIpc) is 1.95. The maximum atomic E-state index is 5.81. The van der Waals surface area contributed by atoms with Crippen LogP contribution in [0.1, 0.15) is 0 Å². The van der Waals surface area contributed by atoms with Crippen LogP contribution in [0, 0.1) is 0 Å². The van der Waals surface area contributed by atoms with Gasteiger partial charge in [0, 0.05) is 23.1 Å². The molecule has 1 heterocycles. The molecule has 1 aromatic rings. The Morgan fingerprint density at radius 2 is 1.77 bits per heavy atom. The molecule has 0 atom stereocenters. The van der Waals surface area contributed by atoms with E-state index >= 15 is 0 Å². The number of benzene rings is 1. The predicted octanol–water partition coefficient (Wildman–Crippen LogP) is 2.34. The lowest BCUT2D eigenvalue weighted by Crippen LogP contribution is -2.50. The molecule has 1 aromatic carbocycles. The molecule has 1 fully saturated rings. The van der Waals surface area contributed by atoms with Crippen molar-refractivity contribution in [2.24, 2.45) is 0 Å². The van der Waals surface area contributed by atoms with Gasteiger partial charge >= 0.3 is 0 Å². The Labute approximate surface area is 86.8 Å². The molecule has 0 aromatic heterocycles. The zero-order valence-electron chi connectivity index (χ0n) is 6.89. The van der Waals surface area contributed by atoms with Gasteiger partial charge in [0.05, 0.1) is 0 Å². The van der Waals surface area contributed by atoms with Crippen LogP contribution in [0.3, 0.4) is 0 Å². The molecule has 1 aliphatic rings. The predicted molar refractivity (Wildman–Crippen MR) is 53.7 cm³/mol. The lowest BCUT2D eigenvalue weighted by molar-refractivity contribution is 0.142. The number of hydrogen-bond donors (Lipinski definition) is 1. The van der Waals surface area contributed by atoms with Gasteiger partial charge in [-0.2, -0.15) is 0 Å². The lowest BCUT2D eigenvalue weighted by Gasteiger charge is -2.27. The van der Waals surface area contributed by atoms with Crippen LogP contribution in [0.5, 0.6) is 5.75 Å². The van der Waals surface area contributed by atoms with E-state index < -0.39 is 0 Å². The highest BCUT2D eigenvalue weighted by Gasteiger charge is 2.18. The maximum Gasteiger partial charge on any atom is 0.123 e. The van der Waals surface area contributed by atoms with Crippen molar-refractivity contribution in [3.05, 3.63) is 28.2 Å². The minimum Gasteiger partial charge on any atom is -0.488 e. The second-order valence-corrected chi connectivity index (χ2v) is 3.88. The second kappa shape index (κ2) is 3.74. The summed E-state index contributed by atoms with van der Waals surface area (Å²) in [6, 6.07) is 5.23. The highest BCUT2D eigenvalue weighted by molar-refractivity contribution is 6.34. The average molecular weight is 218 g/mol. The number of rotatable bonds is 2. The van der Waals surface area contributed by atoms with Gasteiger partial charge in [0.2, 0.25) is 0 Å². The monoisotopic (exact) mass is 217 g/mol. The third-order valence-corrected chi connectivity index (χ3v) is 2.32. The standard InChI is InChI=1S/C9H9Cl2NO/c10-6-1-7(11)3-8(2-6)13-9-4-12-5-9/h1-3,9,12H,4-5H2. The Morgan fingerprint density at radius 1 is 1.15 bits per heavy atom. The van der Waals surface area contributed by atoms with Crippen LogP contribution in [-0.2, 0) is 0 Å². The Kier molecular flexibility index (Phi) is 2.63. The van der Waals surface area contributed by atoms with E-state index in [1.54, 1.807) is 18.2 Å². The third kappa shape index (κ3) is 2.27. The van der Waals surface area contributed by atoms with Crippen LogP contribution in [0.2, 0.25) is 10.0 Å². The molecule has 0 aliphatic carbocycles. The molecule has 0 amide bonds. The van der Waals surface area contributed by atoms with Gasteiger partial charge in [-0.1, -0.05) is 23.2 Å². The molecule has 0 unspecified atom stereocenters. The van der Waals surface area contributed by atoms with Gasteiger partial charge in [-0.3, -0.25) is 0 Å². The molecule has 2 nitrogen and oxygen atoms in total. The van der Waals surface area contributed by atoms with E-state index in [0.717, 1.165) is 18.8 Å². The third-order valence-electron chi connectivity index (χ3n) is 1.88. The summed E-state index contributed by atoms with van der Waals surface area (Å²) in [6.07, 6.45) is 0.259. The van der Waals surface area contributed by atoms with E-state index in [0.29, 0.717) is 10.0 Å². The van der Waals surface area contributed by atoms with Crippen LogP contribution in [0.25, 0.3) is 0 Å². The highest BCUT2D eigenvalue weighted by atomic mass is 35.5. The topological polar surface area (TPSA) is 21.3 Å². The molecule has 0 spiro atoms. The SMILES string of the molecule is Clc1cc(Cl)cc(OC2CNC2)c1. The summed E-state index contributed by atoms with van der Waals surface area (Å²) in [5.41, 5.74) is 0. The minimum absolute atomic E-state index is 0.259. The van der Waals surface area contributed by atoms with Crippen molar-refractivity contribution in [1.29, 1.82) is 0 Å². The quantitative estimate of drug-likeness (QED) is 0.822. The Bertz CT molecular complexity index is 292. The summed E-state index contributed by atoms with van der Waals surface area (Å²) in [5, 5.41) is 4.33. The molecular weight excluding hydrogens is 209 g/mol. The summed E-state index contributed by atoms with van der Waals surface area (Å²) in [5.74, 6) is 0.740. The maximum absolute atomic E-state index is 5.81. The molecule has 0 radical (unpaired) electrons. The van der Waals surface area contributed by atoms with Crippen molar-refractivity contribution < 1.29 is 4.74 Å². The van der Waals surface area contributed by atoms with Gasteiger partial charge in [-0.05, 0) is 18.2 Å². The van der Waals surface area contributed by atoms with Gasteiger partial charge in [0.1, 0.15) is 11.9 Å². The Hall–Kier alpha value is -0.440. The van der Waals surface area contributed by atoms with Crippen molar-refractivity contribution >= 4 is 23.2 Å². The first-order valence-electron chi connectivity index (χ1n) is 4.07. The Balaban J connectivity index is 2.10. The second-order valence-electron chi connectivity index (χ2n) is 3.00. The van der Waals surface area contributed by atoms with E-state index in [1.165, 1.54) is 0 Å². The van der Waals surface area contributed by atoms with Crippen LogP contribution in [0.4, 0.5) is 0 Å². The first-order chi connectivity index (χ1) is 6.24. The molecule has 1 N–H and O–H groups in total. The lowest BCUT2D eigenvalue weighted by atomic mass is 10.2. The minimum atomic E-state index is 0.259. The van der Waals surface area contributed by atoms with Crippen LogP contribution < -0.4 is 10.1 Å². The largest absolute Gasteiger partial charge is 0.488 e. The summed E-state index contributed by atoms with van der Waals surface area (Å²) >= 11 is 11.6. The first kappa shape index (κ1) is 9.13. The van der Waals surface area contributed by atoms with Gasteiger partial charge in [-0.25, -0.2) is 0 Å². The van der Waals surface area contributed by atoms with Gasteiger partial charge in [0.25, 0.3) is 0 Å².